The number of carbonyl (C=O) groups excluding carboxylic acids is 1. The maximum absolute atomic E-state index is 12.5. The Labute approximate surface area is 123 Å². The molecule has 1 aromatic carbocycles. The number of aromatic hydroxyl groups is 1. The van der Waals surface area contributed by atoms with E-state index in [9.17, 15) is 23.1 Å². The Bertz CT molecular complexity index is 697. The van der Waals surface area contributed by atoms with Gasteiger partial charge in [0.15, 0.2) is 0 Å². The fourth-order valence-corrected chi connectivity index (χ4v) is 1.67. The molecule has 1 heterocycles. The van der Waals surface area contributed by atoms with Gasteiger partial charge in [-0.2, -0.15) is 13.2 Å². The average molecular weight is 308 g/mol. The molecule has 2 aromatic rings. The number of ketones is 1. The van der Waals surface area contributed by atoms with Crippen LogP contribution in [0.25, 0.3) is 5.70 Å². The lowest BCUT2D eigenvalue weighted by atomic mass is 10.1. The Balaban J connectivity index is 2.38. The van der Waals surface area contributed by atoms with Crippen molar-refractivity contribution >= 4 is 17.2 Å². The lowest BCUT2D eigenvalue weighted by molar-refractivity contribution is -0.165. The molecular weight excluding hydrogens is 297 g/mol. The zero-order valence-corrected chi connectivity index (χ0v) is 11.1. The van der Waals surface area contributed by atoms with Crippen molar-refractivity contribution in [2.24, 2.45) is 0 Å². The summed E-state index contributed by atoms with van der Waals surface area (Å²) in [6.07, 6.45) is -1.72. The molecule has 0 radical (unpaired) electrons. The second-order valence-corrected chi connectivity index (χ2v) is 4.34. The highest BCUT2D eigenvalue weighted by Gasteiger charge is 2.36. The molecule has 1 aromatic heterocycles. The summed E-state index contributed by atoms with van der Waals surface area (Å²) < 4.78 is 37.4. The molecule has 114 valence electrons. The standard InChI is InChI=1S/C15H11F3N2O2/c16-15(17,18)14(22)8-13(10-3-2-6-19-9-10)20-11-4-1-5-12(21)7-11/h1-9,20-21H/b13-8-. The van der Waals surface area contributed by atoms with Gasteiger partial charge in [-0.3, -0.25) is 9.78 Å². The van der Waals surface area contributed by atoms with Crippen molar-refractivity contribution in [2.75, 3.05) is 5.32 Å². The second-order valence-electron chi connectivity index (χ2n) is 4.34. The number of carbonyl (C=O) groups is 1. The number of allylic oxidation sites excluding steroid dienone is 1. The summed E-state index contributed by atoms with van der Waals surface area (Å²) in [5, 5.41) is 12.1. The van der Waals surface area contributed by atoms with Crippen LogP contribution in [0.2, 0.25) is 0 Å². The monoisotopic (exact) mass is 308 g/mol. The maximum Gasteiger partial charge on any atom is 0.454 e. The minimum atomic E-state index is -4.96. The van der Waals surface area contributed by atoms with Gasteiger partial charge in [0.1, 0.15) is 5.75 Å². The number of hydrogen-bond acceptors (Lipinski definition) is 4. The number of hydrogen-bond donors (Lipinski definition) is 2. The number of aromatic nitrogens is 1. The molecule has 0 saturated carbocycles. The molecule has 0 amide bonds. The third-order valence-electron chi connectivity index (χ3n) is 2.65. The summed E-state index contributed by atoms with van der Waals surface area (Å²) in [6.45, 7) is 0. The fourth-order valence-electron chi connectivity index (χ4n) is 1.67. The lowest BCUT2D eigenvalue weighted by Gasteiger charge is -2.12. The SMILES string of the molecule is O=C(/C=C(\Nc1cccc(O)c1)c1cccnc1)C(F)(F)F. The molecule has 0 bridgehead atoms. The molecule has 0 spiro atoms. The molecule has 0 atom stereocenters. The zero-order chi connectivity index (χ0) is 16.2. The van der Waals surface area contributed by atoms with Gasteiger partial charge in [-0.25, -0.2) is 0 Å². The van der Waals surface area contributed by atoms with Crippen molar-refractivity contribution in [3.05, 3.63) is 60.4 Å². The van der Waals surface area contributed by atoms with Crippen LogP contribution < -0.4 is 5.32 Å². The molecule has 0 aliphatic rings. The molecule has 22 heavy (non-hydrogen) atoms. The van der Waals surface area contributed by atoms with E-state index < -0.39 is 12.0 Å². The van der Waals surface area contributed by atoms with Gasteiger partial charge in [0.05, 0.1) is 5.70 Å². The molecule has 0 aliphatic carbocycles. The summed E-state index contributed by atoms with van der Waals surface area (Å²) in [4.78, 5) is 15.0. The minimum Gasteiger partial charge on any atom is -0.508 e. The summed E-state index contributed by atoms with van der Waals surface area (Å²) in [7, 11) is 0. The summed E-state index contributed by atoms with van der Waals surface area (Å²) in [5.74, 6) is -2.04. The normalized spacial score (nSPS) is 12.0. The van der Waals surface area contributed by atoms with E-state index in [4.69, 9.17) is 0 Å². The van der Waals surface area contributed by atoms with Crippen molar-refractivity contribution in [3.63, 3.8) is 0 Å². The Hall–Kier alpha value is -2.83. The van der Waals surface area contributed by atoms with Gasteiger partial charge >= 0.3 is 6.18 Å². The van der Waals surface area contributed by atoms with E-state index in [2.05, 4.69) is 10.3 Å². The quantitative estimate of drug-likeness (QED) is 0.850. The van der Waals surface area contributed by atoms with Crippen molar-refractivity contribution in [1.29, 1.82) is 0 Å². The molecule has 2 N–H and O–H groups in total. The van der Waals surface area contributed by atoms with Crippen molar-refractivity contribution in [1.82, 2.24) is 4.98 Å². The van der Waals surface area contributed by atoms with Gasteiger partial charge in [0.2, 0.25) is 0 Å². The van der Waals surface area contributed by atoms with Gasteiger partial charge in [-0.15, -0.1) is 0 Å². The number of halogens is 3. The first-order valence-corrected chi connectivity index (χ1v) is 6.15. The number of alkyl halides is 3. The molecule has 0 fully saturated rings. The van der Waals surface area contributed by atoms with Gasteiger partial charge in [0, 0.05) is 35.8 Å². The summed E-state index contributed by atoms with van der Waals surface area (Å²) in [6, 6.07) is 8.84. The number of anilines is 1. The number of phenolic OH excluding ortho intramolecular Hbond substituents is 1. The summed E-state index contributed by atoms with van der Waals surface area (Å²) in [5.41, 5.74) is 0.578. The van der Waals surface area contributed by atoms with Crippen LogP contribution in [0.3, 0.4) is 0 Å². The number of phenols is 1. The number of rotatable bonds is 4. The molecule has 0 aliphatic heterocycles. The highest BCUT2D eigenvalue weighted by molar-refractivity contribution is 6.02. The van der Waals surface area contributed by atoms with Crippen LogP contribution >= 0.6 is 0 Å². The minimum absolute atomic E-state index is 0.0577. The topological polar surface area (TPSA) is 62.2 Å². The fraction of sp³-hybridized carbons (Fsp3) is 0.0667. The van der Waals surface area contributed by atoms with Crippen LogP contribution in [0.5, 0.6) is 5.75 Å². The van der Waals surface area contributed by atoms with Crippen LogP contribution in [0, 0.1) is 0 Å². The number of nitrogens with zero attached hydrogens (tertiary/aromatic N) is 1. The van der Waals surface area contributed by atoms with E-state index in [0.717, 1.165) is 0 Å². The Kier molecular flexibility index (Phi) is 4.45. The summed E-state index contributed by atoms with van der Waals surface area (Å²) >= 11 is 0. The number of nitrogens with one attached hydrogen (secondary N) is 1. The third-order valence-corrected chi connectivity index (χ3v) is 2.65. The van der Waals surface area contributed by atoms with E-state index in [0.29, 0.717) is 17.3 Å². The molecule has 4 nitrogen and oxygen atoms in total. The predicted octanol–water partition coefficient (Wildman–Crippen LogP) is 3.37. The van der Waals surface area contributed by atoms with Crippen LogP contribution in [-0.4, -0.2) is 22.1 Å². The predicted molar refractivity (Wildman–Crippen MR) is 75.0 cm³/mol. The molecule has 2 rings (SSSR count). The van der Waals surface area contributed by atoms with Crippen LogP contribution in [0.4, 0.5) is 18.9 Å². The first-order chi connectivity index (χ1) is 10.4. The first kappa shape index (κ1) is 15.6. The average Bonchev–Trinajstić information content (AvgIpc) is 2.46. The Morgan fingerprint density at radius 1 is 1.23 bits per heavy atom. The van der Waals surface area contributed by atoms with E-state index >= 15 is 0 Å². The molecule has 0 unspecified atom stereocenters. The van der Waals surface area contributed by atoms with Crippen molar-refractivity contribution in [2.45, 2.75) is 6.18 Å². The second kappa shape index (κ2) is 6.30. The van der Waals surface area contributed by atoms with Crippen LogP contribution in [-0.2, 0) is 4.79 Å². The van der Waals surface area contributed by atoms with E-state index in [1.807, 2.05) is 0 Å². The van der Waals surface area contributed by atoms with Crippen molar-refractivity contribution in [3.8, 4) is 5.75 Å². The third kappa shape index (κ3) is 4.08. The van der Waals surface area contributed by atoms with E-state index in [-0.39, 0.29) is 11.4 Å². The van der Waals surface area contributed by atoms with Gasteiger partial charge in [-0.1, -0.05) is 6.07 Å². The largest absolute Gasteiger partial charge is 0.508 e. The maximum atomic E-state index is 12.5. The van der Waals surface area contributed by atoms with Crippen LogP contribution in [0.1, 0.15) is 5.56 Å². The molecule has 0 saturated heterocycles. The lowest BCUT2D eigenvalue weighted by Crippen LogP contribution is -2.21. The molecule has 7 heteroatoms. The van der Waals surface area contributed by atoms with Crippen LogP contribution in [0.15, 0.2) is 54.9 Å². The van der Waals surface area contributed by atoms with E-state index in [1.54, 1.807) is 6.07 Å². The Morgan fingerprint density at radius 3 is 2.59 bits per heavy atom. The number of pyridine rings is 1. The Morgan fingerprint density at radius 2 is 2.00 bits per heavy atom. The van der Waals surface area contributed by atoms with Gasteiger partial charge < -0.3 is 10.4 Å². The molecular formula is C15H11F3N2O2. The number of benzene rings is 1. The van der Waals surface area contributed by atoms with E-state index in [1.165, 1.54) is 42.7 Å². The highest BCUT2D eigenvalue weighted by atomic mass is 19.4. The van der Waals surface area contributed by atoms with Gasteiger partial charge in [0.25, 0.3) is 5.78 Å². The van der Waals surface area contributed by atoms with Gasteiger partial charge in [-0.05, 0) is 24.3 Å². The smallest absolute Gasteiger partial charge is 0.454 e. The zero-order valence-electron chi connectivity index (χ0n) is 11.1. The highest BCUT2D eigenvalue weighted by Crippen LogP contribution is 2.24. The first-order valence-electron chi connectivity index (χ1n) is 6.15. The van der Waals surface area contributed by atoms with Crippen molar-refractivity contribution < 1.29 is 23.1 Å².